The monoisotopic (exact) mass is 404 g/mol. The molecule has 144 valence electrons. The van der Waals surface area contributed by atoms with Crippen molar-refractivity contribution in [1.82, 2.24) is 20.2 Å². The maximum atomic E-state index is 11.2. The summed E-state index contributed by atoms with van der Waals surface area (Å²) in [6, 6.07) is 12.9. The fraction of sp³-hybridized carbons (Fsp3) is 0.150. The molecule has 1 aliphatic heterocycles. The summed E-state index contributed by atoms with van der Waals surface area (Å²) in [7, 11) is 0. The molecule has 0 fully saturated rings. The standard InChI is InChI=1S/C20H16N6O2S/c1-11-12-9-10-26(16-8-4-6-14(21-16)19(27)28)18(12)25-24-17(11)23-20-22-13-5-2-3-7-15(13)29-20/h2-8H,9-10H2,1H3,(H,27,28)(H,22,23,24). The zero-order valence-electron chi connectivity index (χ0n) is 15.5. The Kier molecular flexibility index (Phi) is 4.09. The van der Waals surface area contributed by atoms with E-state index < -0.39 is 5.97 Å². The zero-order valence-corrected chi connectivity index (χ0v) is 16.3. The van der Waals surface area contributed by atoms with E-state index in [0.29, 0.717) is 24.0 Å². The summed E-state index contributed by atoms with van der Waals surface area (Å²) >= 11 is 1.57. The molecule has 0 amide bonds. The molecule has 5 rings (SSSR count). The van der Waals surface area contributed by atoms with Gasteiger partial charge >= 0.3 is 5.97 Å². The number of carboxylic acid groups (broad SMARTS) is 1. The lowest BCUT2D eigenvalue weighted by molar-refractivity contribution is 0.0690. The van der Waals surface area contributed by atoms with Crippen LogP contribution in [0.4, 0.5) is 22.6 Å². The third kappa shape index (κ3) is 3.05. The van der Waals surface area contributed by atoms with Crippen molar-refractivity contribution >= 4 is 50.1 Å². The first-order valence-corrected chi connectivity index (χ1v) is 9.88. The van der Waals surface area contributed by atoms with Gasteiger partial charge in [-0.05, 0) is 37.6 Å². The summed E-state index contributed by atoms with van der Waals surface area (Å²) in [5, 5.41) is 22.0. The van der Waals surface area contributed by atoms with E-state index in [1.54, 1.807) is 23.5 Å². The molecule has 0 saturated carbocycles. The highest BCUT2D eigenvalue weighted by atomic mass is 32.1. The van der Waals surface area contributed by atoms with Gasteiger partial charge in [0.1, 0.15) is 5.82 Å². The number of aromatic carboxylic acids is 1. The molecule has 9 heteroatoms. The number of nitrogens with zero attached hydrogens (tertiary/aromatic N) is 5. The maximum Gasteiger partial charge on any atom is 0.354 e. The summed E-state index contributed by atoms with van der Waals surface area (Å²) in [5.74, 6) is 0.900. The molecule has 4 heterocycles. The number of thiazole rings is 1. The molecule has 0 bridgehead atoms. The third-order valence-corrected chi connectivity index (χ3v) is 5.86. The highest BCUT2D eigenvalue weighted by molar-refractivity contribution is 7.22. The molecule has 0 atom stereocenters. The van der Waals surface area contributed by atoms with Crippen molar-refractivity contribution in [2.45, 2.75) is 13.3 Å². The number of aromatic nitrogens is 4. The highest BCUT2D eigenvalue weighted by Crippen LogP contribution is 2.36. The Hall–Kier alpha value is -3.59. The Labute approximate surface area is 169 Å². The second-order valence-electron chi connectivity index (χ2n) is 6.68. The van der Waals surface area contributed by atoms with Crippen LogP contribution in [0.1, 0.15) is 21.6 Å². The highest BCUT2D eigenvalue weighted by Gasteiger charge is 2.27. The van der Waals surface area contributed by atoms with Crippen molar-refractivity contribution < 1.29 is 9.90 Å². The Morgan fingerprint density at radius 2 is 2.00 bits per heavy atom. The summed E-state index contributed by atoms with van der Waals surface area (Å²) in [6.45, 7) is 2.68. The molecule has 0 saturated heterocycles. The number of pyridine rings is 1. The number of nitrogens with one attached hydrogen (secondary N) is 1. The van der Waals surface area contributed by atoms with E-state index in [-0.39, 0.29) is 5.69 Å². The lowest BCUT2D eigenvalue weighted by atomic mass is 10.1. The van der Waals surface area contributed by atoms with E-state index in [9.17, 15) is 9.90 Å². The first-order valence-electron chi connectivity index (χ1n) is 9.07. The van der Waals surface area contributed by atoms with Crippen molar-refractivity contribution in [3.63, 3.8) is 0 Å². The normalized spacial score (nSPS) is 12.9. The number of carboxylic acids is 1. The molecule has 8 nitrogen and oxygen atoms in total. The van der Waals surface area contributed by atoms with Gasteiger partial charge in [-0.2, -0.15) is 0 Å². The Bertz CT molecular complexity index is 1220. The van der Waals surface area contributed by atoms with Crippen molar-refractivity contribution in [1.29, 1.82) is 0 Å². The first-order chi connectivity index (χ1) is 14.1. The van der Waals surface area contributed by atoms with Gasteiger partial charge in [0.05, 0.1) is 10.2 Å². The summed E-state index contributed by atoms with van der Waals surface area (Å²) in [5.41, 5.74) is 3.04. The van der Waals surface area contributed by atoms with Gasteiger partial charge in [-0.15, -0.1) is 10.2 Å². The predicted molar refractivity (Wildman–Crippen MR) is 112 cm³/mol. The van der Waals surface area contributed by atoms with Gasteiger partial charge in [-0.3, -0.25) is 0 Å². The first kappa shape index (κ1) is 17.5. The van der Waals surface area contributed by atoms with E-state index in [2.05, 4.69) is 25.5 Å². The summed E-state index contributed by atoms with van der Waals surface area (Å²) < 4.78 is 1.11. The largest absolute Gasteiger partial charge is 0.477 e. The van der Waals surface area contributed by atoms with Crippen LogP contribution in [0.25, 0.3) is 10.2 Å². The summed E-state index contributed by atoms with van der Waals surface area (Å²) in [4.78, 5) is 22.0. The lowest BCUT2D eigenvalue weighted by Gasteiger charge is -2.17. The van der Waals surface area contributed by atoms with Crippen LogP contribution < -0.4 is 10.2 Å². The molecular weight excluding hydrogens is 388 g/mol. The Morgan fingerprint density at radius 3 is 2.83 bits per heavy atom. The SMILES string of the molecule is Cc1c(Nc2nc3ccccc3s2)nnc2c1CCN2c1cccc(C(=O)O)n1. The smallest absolute Gasteiger partial charge is 0.354 e. The van der Waals surface area contributed by atoms with E-state index in [1.165, 1.54) is 6.07 Å². The molecule has 1 aromatic carbocycles. The molecule has 1 aliphatic rings. The van der Waals surface area contributed by atoms with E-state index in [1.807, 2.05) is 36.1 Å². The van der Waals surface area contributed by atoms with Crippen LogP contribution >= 0.6 is 11.3 Å². The average molecular weight is 404 g/mol. The van der Waals surface area contributed by atoms with Crippen LogP contribution in [0.2, 0.25) is 0 Å². The van der Waals surface area contributed by atoms with Crippen LogP contribution in [-0.2, 0) is 6.42 Å². The number of benzene rings is 1. The van der Waals surface area contributed by atoms with E-state index >= 15 is 0 Å². The third-order valence-electron chi connectivity index (χ3n) is 4.91. The Balaban J connectivity index is 1.47. The van der Waals surface area contributed by atoms with Crippen LogP contribution in [0.15, 0.2) is 42.5 Å². The molecule has 0 aliphatic carbocycles. The molecule has 0 unspecified atom stereocenters. The molecule has 0 radical (unpaired) electrons. The number of anilines is 4. The van der Waals surface area contributed by atoms with Crippen LogP contribution in [0, 0.1) is 6.92 Å². The number of fused-ring (bicyclic) bond motifs is 2. The zero-order chi connectivity index (χ0) is 20.0. The molecule has 4 aromatic rings. The Morgan fingerprint density at radius 1 is 1.14 bits per heavy atom. The molecule has 29 heavy (non-hydrogen) atoms. The van der Waals surface area contributed by atoms with Crippen molar-refractivity contribution in [2.75, 3.05) is 16.8 Å². The summed E-state index contributed by atoms with van der Waals surface area (Å²) in [6.07, 6.45) is 0.782. The quantitative estimate of drug-likeness (QED) is 0.527. The van der Waals surface area contributed by atoms with Gasteiger partial charge in [-0.25, -0.2) is 14.8 Å². The minimum Gasteiger partial charge on any atom is -0.477 e. The predicted octanol–water partition coefficient (Wildman–Crippen LogP) is 3.93. The number of hydrogen-bond acceptors (Lipinski definition) is 8. The minimum absolute atomic E-state index is 0.00903. The lowest BCUT2D eigenvalue weighted by Crippen LogP contribution is -2.17. The molecular formula is C20H16N6O2S. The topological polar surface area (TPSA) is 104 Å². The minimum atomic E-state index is -1.05. The van der Waals surface area contributed by atoms with Gasteiger partial charge in [0.15, 0.2) is 22.5 Å². The number of para-hydroxylation sites is 1. The molecule has 0 spiro atoms. The van der Waals surface area contributed by atoms with E-state index in [4.69, 9.17) is 0 Å². The van der Waals surface area contributed by atoms with Crippen molar-refractivity contribution in [3.8, 4) is 0 Å². The van der Waals surface area contributed by atoms with Gasteiger partial charge in [-0.1, -0.05) is 29.5 Å². The van der Waals surface area contributed by atoms with Gasteiger partial charge in [0, 0.05) is 17.7 Å². The van der Waals surface area contributed by atoms with Crippen LogP contribution in [0.5, 0.6) is 0 Å². The fourth-order valence-corrected chi connectivity index (χ4v) is 4.32. The van der Waals surface area contributed by atoms with Crippen LogP contribution in [0.3, 0.4) is 0 Å². The van der Waals surface area contributed by atoms with Crippen LogP contribution in [-0.4, -0.2) is 37.8 Å². The van der Waals surface area contributed by atoms with Gasteiger partial charge in [0.25, 0.3) is 0 Å². The fourth-order valence-electron chi connectivity index (χ4n) is 3.45. The molecule has 3 aromatic heterocycles. The average Bonchev–Trinajstić information content (AvgIpc) is 3.34. The number of rotatable bonds is 4. The number of carbonyl (C=O) groups is 1. The number of hydrogen-bond donors (Lipinski definition) is 2. The second-order valence-corrected chi connectivity index (χ2v) is 7.71. The van der Waals surface area contributed by atoms with E-state index in [0.717, 1.165) is 32.9 Å². The maximum absolute atomic E-state index is 11.2. The van der Waals surface area contributed by atoms with Crippen molar-refractivity contribution in [2.24, 2.45) is 0 Å². The van der Waals surface area contributed by atoms with Gasteiger partial charge < -0.3 is 15.3 Å². The van der Waals surface area contributed by atoms with Crippen molar-refractivity contribution in [3.05, 3.63) is 59.3 Å². The second kappa shape index (κ2) is 6.78. The molecule has 2 N–H and O–H groups in total. The van der Waals surface area contributed by atoms with Gasteiger partial charge in [0.2, 0.25) is 0 Å².